The van der Waals surface area contributed by atoms with Gasteiger partial charge < -0.3 is 9.72 Å². The molecule has 0 aliphatic heterocycles. The molecule has 3 nitrogen and oxygen atoms in total. The number of ether oxygens (including phenoxy) is 1. The average molecular weight is 229 g/mol. The van der Waals surface area contributed by atoms with E-state index in [0.29, 0.717) is 13.2 Å². The summed E-state index contributed by atoms with van der Waals surface area (Å²) in [7, 11) is 0. The molecule has 0 saturated carbocycles. The van der Waals surface area contributed by atoms with Crippen LogP contribution in [0.5, 0.6) is 0 Å². The maximum atomic E-state index is 11.0. The Balaban J connectivity index is 1.75. The van der Waals surface area contributed by atoms with Crippen molar-refractivity contribution in [3.8, 4) is 0 Å². The lowest BCUT2D eigenvalue weighted by Gasteiger charge is -2.04. The van der Waals surface area contributed by atoms with Crippen LogP contribution in [-0.2, 0) is 17.8 Å². The number of hydrogen-bond acceptors (Lipinski definition) is 2. The van der Waals surface area contributed by atoms with Crippen LogP contribution < -0.4 is 5.56 Å². The standard InChI is InChI=1S/C14H15NO2/c16-14-8-4-7-13(15-14)9-10-17-11-12-5-2-1-3-6-12/h1-8H,9-11H2,(H,15,16). The number of aromatic amines is 1. The van der Waals surface area contributed by atoms with Crippen LogP contribution >= 0.6 is 0 Å². The average Bonchev–Trinajstić information content (AvgIpc) is 2.36. The first-order valence-corrected chi connectivity index (χ1v) is 5.64. The molecule has 0 amide bonds. The quantitative estimate of drug-likeness (QED) is 0.798. The summed E-state index contributed by atoms with van der Waals surface area (Å²) >= 11 is 0. The van der Waals surface area contributed by atoms with Gasteiger partial charge in [-0.25, -0.2) is 0 Å². The largest absolute Gasteiger partial charge is 0.376 e. The van der Waals surface area contributed by atoms with Gasteiger partial charge in [-0.05, 0) is 11.6 Å². The lowest BCUT2D eigenvalue weighted by Crippen LogP contribution is -2.08. The zero-order chi connectivity index (χ0) is 11.9. The third-order valence-corrected chi connectivity index (χ3v) is 2.46. The van der Waals surface area contributed by atoms with Crippen LogP contribution in [0.4, 0.5) is 0 Å². The van der Waals surface area contributed by atoms with E-state index in [4.69, 9.17) is 4.74 Å². The lowest BCUT2D eigenvalue weighted by molar-refractivity contribution is 0.123. The second-order valence-corrected chi connectivity index (χ2v) is 3.83. The van der Waals surface area contributed by atoms with Crippen LogP contribution in [-0.4, -0.2) is 11.6 Å². The summed E-state index contributed by atoms with van der Waals surface area (Å²) in [5.41, 5.74) is 2.00. The molecule has 0 unspecified atom stereocenters. The Kier molecular flexibility index (Phi) is 4.11. The minimum absolute atomic E-state index is 0.0643. The first kappa shape index (κ1) is 11.6. The Bertz CT molecular complexity index is 505. The summed E-state index contributed by atoms with van der Waals surface area (Å²) in [5, 5.41) is 0. The first-order valence-electron chi connectivity index (χ1n) is 5.64. The zero-order valence-corrected chi connectivity index (χ0v) is 9.56. The molecular weight excluding hydrogens is 214 g/mol. The van der Waals surface area contributed by atoms with E-state index in [1.165, 1.54) is 6.07 Å². The number of pyridine rings is 1. The smallest absolute Gasteiger partial charge is 0.248 e. The van der Waals surface area contributed by atoms with Crippen molar-refractivity contribution in [2.45, 2.75) is 13.0 Å². The van der Waals surface area contributed by atoms with Crippen molar-refractivity contribution in [1.82, 2.24) is 4.98 Å². The van der Waals surface area contributed by atoms with E-state index in [9.17, 15) is 4.79 Å². The zero-order valence-electron chi connectivity index (χ0n) is 9.56. The number of benzene rings is 1. The highest BCUT2D eigenvalue weighted by molar-refractivity contribution is 5.13. The molecule has 88 valence electrons. The number of rotatable bonds is 5. The summed E-state index contributed by atoms with van der Waals surface area (Å²) in [5.74, 6) is 0. The highest BCUT2D eigenvalue weighted by atomic mass is 16.5. The van der Waals surface area contributed by atoms with Gasteiger partial charge in [0.15, 0.2) is 0 Å². The van der Waals surface area contributed by atoms with E-state index in [2.05, 4.69) is 4.98 Å². The van der Waals surface area contributed by atoms with Gasteiger partial charge in [-0.15, -0.1) is 0 Å². The minimum Gasteiger partial charge on any atom is -0.376 e. The van der Waals surface area contributed by atoms with E-state index < -0.39 is 0 Å². The number of aromatic nitrogens is 1. The molecule has 1 heterocycles. The minimum atomic E-state index is -0.0643. The molecule has 0 aliphatic carbocycles. The summed E-state index contributed by atoms with van der Waals surface area (Å²) < 4.78 is 5.54. The van der Waals surface area contributed by atoms with E-state index in [0.717, 1.165) is 17.7 Å². The molecule has 0 radical (unpaired) electrons. The lowest BCUT2D eigenvalue weighted by atomic mass is 10.2. The molecule has 17 heavy (non-hydrogen) atoms. The molecule has 0 aliphatic rings. The normalized spacial score (nSPS) is 10.4. The Hall–Kier alpha value is -1.87. The third kappa shape index (κ3) is 3.89. The molecule has 1 aromatic heterocycles. The fraction of sp³-hybridized carbons (Fsp3) is 0.214. The van der Waals surface area contributed by atoms with Crippen molar-refractivity contribution in [2.75, 3.05) is 6.61 Å². The predicted octanol–water partition coefficient (Wildman–Crippen LogP) is 2.13. The molecule has 0 atom stereocenters. The van der Waals surface area contributed by atoms with Crippen molar-refractivity contribution < 1.29 is 4.74 Å². The van der Waals surface area contributed by atoms with Gasteiger partial charge in [-0.2, -0.15) is 0 Å². The van der Waals surface area contributed by atoms with E-state index in [-0.39, 0.29) is 5.56 Å². The summed E-state index contributed by atoms with van der Waals surface area (Å²) in [6.07, 6.45) is 0.725. The van der Waals surface area contributed by atoms with Crippen LogP contribution in [0.2, 0.25) is 0 Å². The van der Waals surface area contributed by atoms with Crippen molar-refractivity contribution >= 4 is 0 Å². The summed E-state index contributed by atoms with van der Waals surface area (Å²) in [4.78, 5) is 13.8. The second kappa shape index (κ2) is 6.01. The predicted molar refractivity (Wildman–Crippen MR) is 66.9 cm³/mol. The van der Waals surface area contributed by atoms with Gasteiger partial charge >= 0.3 is 0 Å². The van der Waals surface area contributed by atoms with Crippen molar-refractivity contribution in [3.63, 3.8) is 0 Å². The number of nitrogens with one attached hydrogen (secondary N) is 1. The molecule has 1 aromatic carbocycles. The Labute approximate surface area is 100 Å². The Morgan fingerprint density at radius 1 is 1.00 bits per heavy atom. The fourth-order valence-electron chi connectivity index (χ4n) is 1.59. The Morgan fingerprint density at radius 3 is 2.59 bits per heavy atom. The Morgan fingerprint density at radius 2 is 1.82 bits per heavy atom. The maximum absolute atomic E-state index is 11.0. The SMILES string of the molecule is O=c1cccc(CCOCc2ccccc2)[nH]1. The third-order valence-electron chi connectivity index (χ3n) is 2.46. The molecule has 2 rings (SSSR count). The van der Waals surface area contributed by atoms with Crippen LogP contribution in [0.15, 0.2) is 53.3 Å². The molecule has 2 aromatic rings. The molecule has 1 N–H and O–H groups in total. The number of hydrogen-bond donors (Lipinski definition) is 1. The molecular formula is C14H15NO2. The van der Waals surface area contributed by atoms with Gasteiger partial charge in [0, 0.05) is 18.2 Å². The highest BCUT2D eigenvalue weighted by Gasteiger charge is 1.95. The van der Waals surface area contributed by atoms with Crippen molar-refractivity contribution in [1.29, 1.82) is 0 Å². The topological polar surface area (TPSA) is 42.1 Å². The van der Waals surface area contributed by atoms with Gasteiger partial charge in [-0.3, -0.25) is 4.79 Å². The van der Waals surface area contributed by atoms with Crippen molar-refractivity contribution in [2.24, 2.45) is 0 Å². The van der Waals surface area contributed by atoms with Crippen LogP contribution in [0.1, 0.15) is 11.3 Å². The molecule has 0 fully saturated rings. The monoisotopic (exact) mass is 229 g/mol. The van der Waals surface area contributed by atoms with Gasteiger partial charge in [0.1, 0.15) is 0 Å². The summed E-state index contributed by atoms with van der Waals surface area (Å²) in [6, 6.07) is 15.2. The molecule has 0 spiro atoms. The van der Waals surface area contributed by atoms with Gasteiger partial charge in [0.05, 0.1) is 13.2 Å². The van der Waals surface area contributed by atoms with E-state index >= 15 is 0 Å². The van der Waals surface area contributed by atoms with Gasteiger partial charge in [0.2, 0.25) is 5.56 Å². The van der Waals surface area contributed by atoms with Crippen molar-refractivity contribution in [3.05, 3.63) is 70.1 Å². The van der Waals surface area contributed by atoms with Crippen LogP contribution in [0.25, 0.3) is 0 Å². The molecule has 0 bridgehead atoms. The first-order chi connectivity index (χ1) is 8.34. The second-order valence-electron chi connectivity index (χ2n) is 3.83. The van der Waals surface area contributed by atoms with Crippen LogP contribution in [0, 0.1) is 0 Å². The van der Waals surface area contributed by atoms with E-state index in [1.54, 1.807) is 6.07 Å². The fourth-order valence-corrected chi connectivity index (χ4v) is 1.59. The van der Waals surface area contributed by atoms with Gasteiger partial charge in [-0.1, -0.05) is 36.4 Å². The highest BCUT2D eigenvalue weighted by Crippen LogP contribution is 2.01. The van der Waals surface area contributed by atoms with Gasteiger partial charge in [0.25, 0.3) is 0 Å². The summed E-state index contributed by atoms with van der Waals surface area (Å²) in [6.45, 7) is 1.22. The maximum Gasteiger partial charge on any atom is 0.248 e. The van der Waals surface area contributed by atoms with Crippen LogP contribution in [0.3, 0.4) is 0 Å². The molecule has 0 saturated heterocycles. The van der Waals surface area contributed by atoms with E-state index in [1.807, 2.05) is 36.4 Å². The number of H-pyrrole nitrogens is 1. The molecule has 3 heteroatoms.